The smallest absolute Gasteiger partial charge is 0.269 e. The van der Waals surface area contributed by atoms with Crippen molar-refractivity contribution in [2.45, 2.75) is 18.7 Å². The number of thioether (sulfide) groups is 1. The molecule has 1 amide bonds. The highest BCUT2D eigenvalue weighted by atomic mass is 32.2. The van der Waals surface area contributed by atoms with Gasteiger partial charge in [-0.05, 0) is 30.7 Å². The molecule has 3 aromatic rings. The summed E-state index contributed by atoms with van der Waals surface area (Å²) < 4.78 is 5.70. The number of anilines is 1. The van der Waals surface area contributed by atoms with E-state index in [4.69, 9.17) is 4.74 Å². The minimum atomic E-state index is -0.495. The summed E-state index contributed by atoms with van der Waals surface area (Å²) in [4.78, 5) is 26.4. The Morgan fingerprint density at radius 2 is 2.00 bits per heavy atom. The number of H-pyrrole nitrogens is 1. The zero-order chi connectivity index (χ0) is 19.9. The maximum atomic E-state index is 12.0. The molecule has 0 aliphatic rings. The summed E-state index contributed by atoms with van der Waals surface area (Å²) in [5.41, 5.74) is 1.48. The molecule has 0 aliphatic heterocycles. The minimum Gasteiger partial charge on any atom is -0.485 e. The third kappa shape index (κ3) is 5.30. The number of aromatic amines is 1. The van der Waals surface area contributed by atoms with Crippen LogP contribution in [0.3, 0.4) is 0 Å². The van der Waals surface area contributed by atoms with Gasteiger partial charge in [-0.1, -0.05) is 30.0 Å². The van der Waals surface area contributed by atoms with Crippen LogP contribution in [-0.2, 0) is 11.4 Å². The molecule has 0 radical (unpaired) electrons. The van der Waals surface area contributed by atoms with E-state index in [0.717, 1.165) is 11.3 Å². The number of carbonyl (C=O) groups excluding carboxylic acids is 1. The van der Waals surface area contributed by atoms with Crippen molar-refractivity contribution in [1.29, 1.82) is 0 Å². The van der Waals surface area contributed by atoms with E-state index < -0.39 is 4.92 Å². The molecule has 2 aromatic carbocycles. The predicted molar refractivity (Wildman–Crippen MR) is 104 cm³/mol. The van der Waals surface area contributed by atoms with Crippen molar-refractivity contribution in [1.82, 2.24) is 15.2 Å². The normalized spacial score (nSPS) is 10.5. The zero-order valence-corrected chi connectivity index (χ0v) is 15.7. The third-order valence-electron chi connectivity index (χ3n) is 3.66. The number of hydrogen-bond acceptors (Lipinski definition) is 7. The Bertz CT molecular complexity index is 974. The van der Waals surface area contributed by atoms with Gasteiger partial charge in [0.1, 0.15) is 12.4 Å². The van der Waals surface area contributed by atoms with Crippen LogP contribution in [0.5, 0.6) is 5.75 Å². The van der Waals surface area contributed by atoms with Crippen LogP contribution in [-0.4, -0.2) is 31.8 Å². The lowest BCUT2D eigenvalue weighted by Gasteiger charge is -2.06. The van der Waals surface area contributed by atoms with Crippen molar-refractivity contribution >= 4 is 29.0 Å². The number of aromatic nitrogens is 3. The Kier molecular flexibility index (Phi) is 6.22. The monoisotopic (exact) mass is 399 g/mol. The molecule has 10 heteroatoms. The van der Waals surface area contributed by atoms with Crippen LogP contribution in [0.1, 0.15) is 11.4 Å². The molecular weight excluding hydrogens is 382 g/mol. The molecule has 0 fully saturated rings. The number of nitrogens with one attached hydrogen (secondary N) is 2. The van der Waals surface area contributed by atoms with E-state index in [1.54, 1.807) is 0 Å². The topological polar surface area (TPSA) is 123 Å². The lowest BCUT2D eigenvalue weighted by atomic mass is 10.2. The summed E-state index contributed by atoms with van der Waals surface area (Å²) in [6.07, 6.45) is 0. The van der Waals surface area contributed by atoms with E-state index in [2.05, 4.69) is 20.5 Å². The van der Waals surface area contributed by atoms with Gasteiger partial charge in [0.05, 0.1) is 10.7 Å². The Labute approximate surface area is 164 Å². The fourth-order valence-electron chi connectivity index (χ4n) is 2.27. The highest BCUT2D eigenvalue weighted by Crippen LogP contribution is 2.19. The first-order valence-electron chi connectivity index (χ1n) is 8.28. The number of aryl methyl sites for hydroxylation is 1. The maximum absolute atomic E-state index is 12.0. The van der Waals surface area contributed by atoms with Crippen molar-refractivity contribution < 1.29 is 14.5 Å². The fourth-order valence-corrected chi connectivity index (χ4v) is 2.88. The third-order valence-corrected chi connectivity index (χ3v) is 4.51. The molecule has 0 unspecified atom stereocenters. The summed E-state index contributed by atoms with van der Waals surface area (Å²) in [5.74, 6) is 1.17. The molecule has 0 atom stereocenters. The summed E-state index contributed by atoms with van der Waals surface area (Å²) in [6, 6.07) is 13.3. The summed E-state index contributed by atoms with van der Waals surface area (Å²) in [5, 5.41) is 20.6. The Morgan fingerprint density at radius 1 is 1.25 bits per heavy atom. The lowest BCUT2D eigenvalue weighted by Crippen LogP contribution is -2.14. The van der Waals surface area contributed by atoms with Crippen molar-refractivity contribution in [3.8, 4) is 5.75 Å². The SMILES string of the molecule is Cc1ccccc1OCc1nc(SCC(=O)Nc2ccc([N+](=O)[O-])cc2)n[nH]1. The van der Waals surface area contributed by atoms with Crippen LogP contribution < -0.4 is 10.1 Å². The van der Waals surface area contributed by atoms with Gasteiger partial charge in [0.25, 0.3) is 5.69 Å². The van der Waals surface area contributed by atoms with Gasteiger partial charge < -0.3 is 10.1 Å². The van der Waals surface area contributed by atoms with Gasteiger partial charge in [0.15, 0.2) is 5.82 Å². The first kappa shape index (κ1) is 19.4. The molecule has 0 saturated carbocycles. The average Bonchev–Trinajstić information content (AvgIpc) is 3.14. The maximum Gasteiger partial charge on any atom is 0.269 e. The van der Waals surface area contributed by atoms with Gasteiger partial charge in [-0.15, -0.1) is 5.10 Å². The minimum absolute atomic E-state index is 0.0338. The molecule has 1 heterocycles. The lowest BCUT2D eigenvalue weighted by molar-refractivity contribution is -0.384. The first-order valence-corrected chi connectivity index (χ1v) is 9.26. The highest BCUT2D eigenvalue weighted by Gasteiger charge is 2.10. The number of ether oxygens (including phenoxy) is 1. The summed E-state index contributed by atoms with van der Waals surface area (Å²) in [7, 11) is 0. The molecule has 0 spiro atoms. The molecule has 9 nitrogen and oxygen atoms in total. The molecule has 1 aromatic heterocycles. The van der Waals surface area contributed by atoms with Crippen molar-refractivity contribution in [2.75, 3.05) is 11.1 Å². The van der Waals surface area contributed by atoms with E-state index in [-0.39, 0.29) is 24.0 Å². The Morgan fingerprint density at radius 3 is 2.71 bits per heavy atom. The number of nitro groups is 1. The molecule has 0 saturated heterocycles. The first-order chi connectivity index (χ1) is 13.5. The number of para-hydroxylation sites is 1. The van der Waals surface area contributed by atoms with Gasteiger partial charge in [-0.2, -0.15) is 0 Å². The fraction of sp³-hybridized carbons (Fsp3) is 0.167. The second-order valence-corrected chi connectivity index (χ2v) is 6.70. The number of amides is 1. The van der Waals surface area contributed by atoms with Gasteiger partial charge in [0.2, 0.25) is 11.1 Å². The number of non-ortho nitro benzene ring substituents is 1. The summed E-state index contributed by atoms with van der Waals surface area (Å²) in [6.45, 7) is 2.20. The van der Waals surface area contributed by atoms with Crippen LogP contribution >= 0.6 is 11.8 Å². The quantitative estimate of drug-likeness (QED) is 0.338. The van der Waals surface area contributed by atoms with E-state index in [9.17, 15) is 14.9 Å². The Balaban J connectivity index is 1.46. The van der Waals surface area contributed by atoms with Crippen molar-refractivity contribution in [3.05, 3.63) is 70.0 Å². The standard InChI is InChI=1S/C18H17N5O4S/c1-12-4-2-3-5-15(12)27-10-16-20-18(22-21-16)28-11-17(24)19-13-6-8-14(9-7-13)23(25)26/h2-9H,10-11H2,1H3,(H,19,24)(H,20,21,22). The summed E-state index contributed by atoms with van der Waals surface area (Å²) >= 11 is 1.17. The van der Waals surface area contributed by atoms with E-state index >= 15 is 0 Å². The second-order valence-electron chi connectivity index (χ2n) is 5.76. The molecule has 3 rings (SSSR count). The molecule has 2 N–H and O–H groups in total. The predicted octanol–water partition coefficient (Wildman–Crippen LogP) is 3.33. The molecular formula is C18H17N5O4S. The average molecular weight is 399 g/mol. The molecule has 28 heavy (non-hydrogen) atoms. The van der Waals surface area contributed by atoms with E-state index in [0.29, 0.717) is 16.7 Å². The van der Waals surface area contributed by atoms with Crippen LogP contribution in [0.25, 0.3) is 0 Å². The largest absolute Gasteiger partial charge is 0.485 e. The number of rotatable bonds is 8. The number of nitro benzene ring substituents is 1. The number of benzene rings is 2. The molecule has 144 valence electrons. The zero-order valence-electron chi connectivity index (χ0n) is 14.9. The molecule has 0 bridgehead atoms. The van der Waals surface area contributed by atoms with Crippen molar-refractivity contribution in [3.63, 3.8) is 0 Å². The highest BCUT2D eigenvalue weighted by molar-refractivity contribution is 7.99. The molecule has 0 aliphatic carbocycles. The van der Waals surface area contributed by atoms with Gasteiger partial charge in [-0.3, -0.25) is 20.0 Å². The van der Waals surface area contributed by atoms with Crippen LogP contribution in [0.15, 0.2) is 53.7 Å². The number of nitrogens with zero attached hydrogens (tertiary/aromatic N) is 3. The Hall–Kier alpha value is -3.40. The van der Waals surface area contributed by atoms with E-state index in [1.165, 1.54) is 36.0 Å². The van der Waals surface area contributed by atoms with Crippen LogP contribution in [0, 0.1) is 17.0 Å². The van der Waals surface area contributed by atoms with Gasteiger partial charge in [-0.25, -0.2) is 4.98 Å². The van der Waals surface area contributed by atoms with Crippen LogP contribution in [0.4, 0.5) is 11.4 Å². The van der Waals surface area contributed by atoms with Gasteiger partial charge >= 0.3 is 0 Å². The number of hydrogen-bond donors (Lipinski definition) is 2. The second kappa shape index (κ2) is 9.00. The van der Waals surface area contributed by atoms with Crippen LogP contribution in [0.2, 0.25) is 0 Å². The van der Waals surface area contributed by atoms with E-state index in [1.807, 2.05) is 31.2 Å². The van der Waals surface area contributed by atoms with Gasteiger partial charge in [0, 0.05) is 17.8 Å². The van der Waals surface area contributed by atoms with Crippen molar-refractivity contribution in [2.24, 2.45) is 0 Å². The number of carbonyl (C=O) groups is 1.